The average molecular weight is 313 g/mol. The van der Waals surface area contributed by atoms with Gasteiger partial charge in [0.15, 0.2) is 0 Å². The number of thioether (sulfide) groups is 1. The summed E-state index contributed by atoms with van der Waals surface area (Å²) in [4.78, 5) is 6.39. The zero-order valence-corrected chi connectivity index (χ0v) is 15.1. The van der Waals surface area contributed by atoms with E-state index in [0.717, 1.165) is 23.6 Å². The predicted molar refractivity (Wildman–Crippen MR) is 91.7 cm³/mol. The number of nitrogens with one attached hydrogen (secondary N) is 1. The van der Waals surface area contributed by atoms with Gasteiger partial charge in [-0.3, -0.25) is 0 Å². The highest BCUT2D eigenvalue weighted by atomic mass is 32.2. The van der Waals surface area contributed by atoms with Gasteiger partial charge in [0.2, 0.25) is 0 Å². The molecule has 0 spiro atoms. The Hall–Kier alpha value is -0.0600. The SMILES string of the molecule is CCC(C)SCc1nc(C(C)(C)C)c(CNC2CC2)s1. The third-order valence-electron chi connectivity index (χ3n) is 3.65. The van der Waals surface area contributed by atoms with Gasteiger partial charge < -0.3 is 5.32 Å². The van der Waals surface area contributed by atoms with Gasteiger partial charge in [-0.15, -0.1) is 11.3 Å². The molecule has 2 rings (SSSR count). The van der Waals surface area contributed by atoms with E-state index in [-0.39, 0.29) is 5.41 Å². The average Bonchev–Trinajstić information content (AvgIpc) is 3.11. The van der Waals surface area contributed by atoms with Crippen molar-refractivity contribution in [2.45, 2.75) is 82.9 Å². The fourth-order valence-electron chi connectivity index (χ4n) is 2.02. The summed E-state index contributed by atoms with van der Waals surface area (Å²) in [5.74, 6) is 1.06. The smallest absolute Gasteiger partial charge is 0.103 e. The van der Waals surface area contributed by atoms with Crippen molar-refractivity contribution >= 4 is 23.1 Å². The van der Waals surface area contributed by atoms with Crippen molar-refractivity contribution in [2.24, 2.45) is 0 Å². The van der Waals surface area contributed by atoms with E-state index in [1.807, 2.05) is 23.1 Å². The molecule has 1 atom stereocenters. The molecule has 1 saturated carbocycles. The predicted octanol–water partition coefficient (Wildman–Crippen LogP) is 4.72. The highest BCUT2D eigenvalue weighted by Crippen LogP contribution is 2.32. The number of hydrogen-bond acceptors (Lipinski definition) is 4. The van der Waals surface area contributed by atoms with Crippen molar-refractivity contribution < 1.29 is 0 Å². The maximum absolute atomic E-state index is 4.94. The molecule has 1 heterocycles. The maximum atomic E-state index is 4.94. The largest absolute Gasteiger partial charge is 0.309 e. The Labute approximate surface area is 132 Å². The molecule has 2 nitrogen and oxygen atoms in total. The van der Waals surface area contributed by atoms with E-state index in [0.29, 0.717) is 0 Å². The van der Waals surface area contributed by atoms with Gasteiger partial charge in [0.25, 0.3) is 0 Å². The zero-order valence-electron chi connectivity index (χ0n) is 13.5. The van der Waals surface area contributed by atoms with Crippen LogP contribution in [-0.2, 0) is 17.7 Å². The summed E-state index contributed by atoms with van der Waals surface area (Å²) >= 11 is 3.94. The Bertz CT molecular complexity index is 430. The van der Waals surface area contributed by atoms with Gasteiger partial charge in [-0.25, -0.2) is 4.98 Å². The summed E-state index contributed by atoms with van der Waals surface area (Å²) in [6.07, 6.45) is 3.93. The maximum Gasteiger partial charge on any atom is 0.103 e. The molecule has 0 radical (unpaired) electrons. The first-order chi connectivity index (χ1) is 9.40. The van der Waals surface area contributed by atoms with E-state index in [4.69, 9.17) is 4.98 Å². The Balaban J connectivity index is 2.04. The first kappa shape index (κ1) is 16.3. The fourth-order valence-corrected chi connectivity index (χ4v) is 4.22. The van der Waals surface area contributed by atoms with Gasteiger partial charge in [-0.2, -0.15) is 11.8 Å². The minimum absolute atomic E-state index is 0.149. The van der Waals surface area contributed by atoms with Crippen molar-refractivity contribution in [1.29, 1.82) is 0 Å². The molecule has 1 unspecified atom stereocenters. The molecule has 0 aromatic carbocycles. The van der Waals surface area contributed by atoms with Crippen LogP contribution in [0.5, 0.6) is 0 Å². The number of aromatic nitrogens is 1. The van der Waals surface area contributed by atoms with E-state index < -0.39 is 0 Å². The van der Waals surface area contributed by atoms with E-state index in [1.54, 1.807) is 0 Å². The van der Waals surface area contributed by atoms with Crippen molar-refractivity contribution in [3.8, 4) is 0 Å². The molecule has 0 bridgehead atoms. The molecule has 1 aliphatic carbocycles. The second-order valence-electron chi connectivity index (χ2n) is 6.81. The highest BCUT2D eigenvalue weighted by Gasteiger charge is 2.25. The van der Waals surface area contributed by atoms with Gasteiger partial charge in [-0.05, 0) is 19.3 Å². The third kappa shape index (κ3) is 4.74. The van der Waals surface area contributed by atoms with Gasteiger partial charge >= 0.3 is 0 Å². The number of hydrogen-bond donors (Lipinski definition) is 1. The van der Waals surface area contributed by atoms with E-state index in [2.05, 4.69) is 39.9 Å². The normalized spacial score (nSPS) is 17.4. The summed E-state index contributed by atoms with van der Waals surface area (Å²) < 4.78 is 0. The van der Waals surface area contributed by atoms with E-state index >= 15 is 0 Å². The molecule has 1 aliphatic rings. The Kier molecular flexibility index (Phi) is 5.55. The molecule has 0 aliphatic heterocycles. The van der Waals surface area contributed by atoms with Crippen LogP contribution in [0.4, 0.5) is 0 Å². The highest BCUT2D eigenvalue weighted by molar-refractivity contribution is 7.99. The van der Waals surface area contributed by atoms with Crippen molar-refractivity contribution in [2.75, 3.05) is 0 Å². The van der Waals surface area contributed by atoms with Crippen LogP contribution >= 0.6 is 23.1 Å². The molecule has 0 amide bonds. The number of thiazole rings is 1. The lowest BCUT2D eigenvalue weighted by Crippen LogP contribution is -2.19. The summed E-state index contributed by atoms with van der Waals surface area (Å²) in [5, 5.41) is 5.66. The van der Waals surface area contributed by atoms with Gasteiger partial charge in [0.1, 0.15) is 5.01 Å². The number of rotatable bonds is 7. The molecule has 1 N–H and O–H groups in total. The molecule has 1 aromatic rings. The topological polar surface area (TPSA) is 24.9 Å². The Morgan fingerprint density at radius 1 is 1.40 bits per heavy atom. The molecule has 1 fully saturated rings. The number of nitrogens with zero attached hydrogens (tertiary/aromatic N) is 1. The lowest BCUT2D eigenvalue weighted by atomic mass is 9.91. The quantitative estimate of drug-likeness (QED) is 0.788. The second kappa shape index (κ2) is 6.80. The minimum atomic E-state index is 0.149. The molecule has 4 heteroatoms. The lowest BCUT2D eigenvalue weighted by molar-refractivity contribution is 0.558. The van der Waals surface area contributed by atoms with Crippen LogP contribution in [0.1, 0.15) is 69.5 Å². The summed E-state index contributed by atoms with van der Waals surface area (Å²) in [6.45, 7) is 12.4. The monoisotopic (exact) mass is 312 g/mol. The Morgan fingerprint density at radius 2 is 2.10 bits per heavy atom. The van der Waals surface area contributed by atoms with E-state index in [9.17, 15) is 0 Å². The van der Waals surface area contributed by atoms with Gasteiger partial charge in [-0.1, -0.05) is 34.6 Å². The van der Waals surface area contributed by atoms with Crippen LogP contribution in [0.15, 0.2) is 0 Å². The van der Waals surface area contributed by atoms with E-state index in [1.165, 1.54) is 34.8 Å². The van der Waals surface area contributed by atoms with Crippen molar-refractivity contribution in [1.82, 2.24) is 10.3 Å². The minimum Gasteiger partial charge on any atom is -0.309 e. The molecule has 0 saturated heterocycles. The third-order valence-corrected chi connectivity index (χ3v) is 6.23. The van der Waals surface area contributed by atoms with Gasteiger partial charge in [0.05, 0.1) is 5.69 Å². The summed E-state index contributed by atoms with van der Waals surface area (Å²) in [5.41, 5.74) is 1.45. The van der Waals surface area contributed by atoms with Crippen LogP contribution in [0.3, 0.4) is 0 Å². The van der Waals surface area contributed by atoms with Crippen LogP contribution in [0.25, 0.3) is 0 Å². The lowest BCUT2D eigenvalue weighted by Gasteiger charge is -2.17. The van der Waals surface area contributed by atoms with Crippen LogP contribution in [-0.4, -0.2) is 16.3 Å². The molecular weight excluding hydrogens is 284 g/mol. The molecular formula is C16H28N2S2. The van der Waals surface area contributed by atoms with Crippen LogP contribution in [0, 0.1) is 0 Å². The molecule has 114 valence electrons. The summed E-state index contributed by atoms with van der Waals surface area (Å²) in [6, 6.07) is 0.767. The zero-order chi connectivity index (χ0) is 14.8. The van der Waals surface area contributed by atoms with Gasteiger partial charge in [0, 0.05) is 33.9 Å². The van der Waals surface area contributed by atoms with Crippen molar-refractivity contribution in [3.63, 3.8) is 0 Å². The fraction of sp³-hybridized carbons (Fsp3) is 0.812. The molecule has 1 aromatic heterocycles. The second-order valence-corrected chi connectivity index (χ2v) is 9.41. The summed E-state index contributed by atoms with van der Waals surface area (Å²) in [7, 11) is 0. The van der Waals surface area contributed by atoms with Crippen LogP contribution in [0.2, 0.25) is 0 Å². The first-order valence-corrected chi connectivity index (χ1v) is 9.60. The standard InChI is InChI=1S/C16H28N2S2/c1-6-11(2)19-10-14-18-15(16(3,4)5)13(20-14)9-17-12-7-8-12/h11-12,17H,6-10H2,1-5H3. The van der Waals surface area contributed by atoms with Crippen molar-refractivity contribution in [3.05, 3.63) is 15.6 Å². The first-order valence-electron chi connectivity index (χ1n) is 7.74. The van der Waals surface area contributed by atoms with Crippen LogP contribution < -0.4 is 5.32 Å². The Morgan fingerprint density at radius 3 is 2.65 bits per heavy atom. The molecule has 20 heavy (non-hydrogen) atoms.